The number of fused-ring (bicyclic) bond motifs is 1. The molecule has 0 atom stereocenters. The number of imidazole rings is 1. The molecule has 8 nitrogen and oxygen atoms in total. The van der Waals surface area contributed by atoms with Crippen LogP contribution in [0, 0.1) is 11.7 Å². The van der Waals surface area contributed by atoms with Gasteiger partial charge in [0.2, 0.25) is 5.95 Å². The highest BCUT2D eigenvalue weighted by Crippen LogP contribution is 2.34. The number of hydrogen-bond donors (Lipinski definition) is 3. The van der Waals surface area contributed by atoms with Gasteiger partial charge >= 0.3 is 0 Å². The van der Waals surface area contributed by atoms with Crippen LogP contribution in [0.3, 0.4) is 0 Å². The molecule has 2 aliphatic carbocycles. The van der Waals surface area contributed by atoms with Gasteiger partial charge in [0.15, 0.2) is 17.0 Å². The fourth-order valence-electron chi connectivity index (χ4n) is 6.37. The van der Waals surface area contributed by atoms with Crippen molar-refractivity contribution in [3.8, 4) is 0 Å². The number of nitrogens with two attached hydrogens (primary N) is 1. The Morgan fingerprint density at radius 1 is 0.951 bits per heavy atom. The number of hydrogen-bond acceptors (Lipinski definition) is 7. The van der Waals surface area contributed by atoms with Gasteiger partial charge in [-0.15, -0.1) is 37.2 Å². The van der Waals surface area contributed by atoms with Gasteiger partial charge in [0, 0.05) is 41.8 Å². The molecule has 2 aromatic heterocycles. The van der Waals surface area contributed by atoms with E-state index in [1.54, 1.807) is 12.1 Å². The number of anilines is 2. The lowest BCUT2D eigenvalue weighted by Crippen LogP contribution is -2.39. The van der Waals surface area contributed by atoms with E-state index in [0.29, 0.717) is 47.0 Å². The molecule has 1 saturated heterocycles. The third-order valence-corrected chi connectivity index (χ3v) is 9.03. The van der Waals surface area contributed by atoms with Gasteiger partial charge in [-0.25, -0.2) is 14.4 Å². The molecular weight excluding hydrogens is 609 g/mol. The van der Waals surface area contributed by atoms with Gasteiger partial charge in [-0.05, 0) is 75.8 Å². The smallest absolute Gasteiger partial charge is 0.227 e. The van der Waals surface area contributed by atoms with Gasteiger partial charge in [-0.2, -0.15) is 9.97 Å². The van der Waals surface area contributed by atoms with Gasteiger partial charge in [0.05, 0.1) is 6.33 Å². The molecule has 0 bridgehead atoms. The third-order valence-electron chi connectivity index (χ3n) is 8.68. The zero-order valence-corrected chi connectivity index (χ0v) is 26.3. The highest BCUT2D eigenvalue weighted by atomic mass is 35.5. The minimum absolute atomic E-state index is 0. The predicted octanol–water partition coefficient (Wildman–Crippen LogP) is 6.96. The summed E-state index contributed by atoms with van der Waals surface area (Å²) in [4.78, 5) is 14.6. The number of nitrogens with one attached hydrogen (secondary N) is 2. The first-order valence-electron chi connectivity index (χ1n) is 14.2. The van der Waals surface area contributed by atoms with Crippen LogP contribution in [0.15, 0.2) is 24.5 Å². The molecule has 4 N–H and O–H groups in total. The Morgan fingerprint density at radius 3 is 2.34 bits per heavy atom. The Bertz CT molecular complexity index is 1240. The Labute approximate surface area is 265 Å². The van der Waals surface area contributed by atoms with Gasteiger partial charge < -0.3 is 21.0 Å². The van der Waals surface area contributed by atoms with Crippen LogP contribution in [0.4, 0.5) is 16.2 Å². The highest BCUT2D eigenvalue weighted by molar-refractivity contribution is 6.31. The summed E-state index contributed by atoms with van der Waals surface area (Å²) in [6, 6.07) is 6.02. The highest BCUT2D eigenvalue weighted by Gasteiger charge is 2.26. The molecule has 13 heteroatoms. The second-order valence-corrected chi connectivity index (χ2v) is 11.8. The van der Waals surface area contributed by atoms with Crippen LogP contribution in [0.2, 0.25) is 5.02 Å². The molecule has 2 saturated carbocycles. The van der Waals surface area contributed by atoms with Gasteiger partial charge in [-0.1, -0.05) is 30.5 Å². The first-order valence-corrected chi connectivity index (χ1v) is 14.6. The molecule has 0 amide bonds. The lowest BCUT2D eigenvalue weighted by molar-refractivity contribution is 0.215. The molecule has 3 aromatic rings. The average Bonchev–Trinajstić information content (AvgIpc) is 3.59. The van der Waals surface area contributed by atoms with Crippen molar-refractivity contribution >= 4 is 71.8 Å². The van der Waals surface area contributed by atoms with E-state index in [4.69, 9.17) is 32.3 Å². The number of piperidine rings is 1. The topological polar surface area (TPSA) is 96.9 Å². The van der Waals surface area contributed by atoms with E-state index in [9.17, 15) is 4.39 Å². The first-order chi connectivity index (χ1) is 18.5. The maximum absolute atomic E-state index is 14.3. The third kappa shape index (κ3) is 7.86. The number of benzene rings is 1. The van der Waals surface area contributed by atoms with Crippen molar-refractivity contribution in [3.63, 3.8) is 0 Å². The molecule has 0 unspecified atom stereocenters. The number of aromatic nitrogens is 4. The normalized spacial score (nSPS) is 22.0. The van der Waals surface area contributed by atoms with Crippen LogP contribution in [0.5, 0.6) is 0 Å². The number of rotatable bonds is 7. The quantitative estimate of drug-likeness (QED) is 0.255. The molecule has 0 radical (unpaired) electrons. The second-order valence-electron chi connectivity index (χ2n) is 11.4. The number of nitrogens with zero attached hydrogens (tertiary/aromatic N) is 5. The molecule has 3 heterocycles. The van der Waals surface area contributed by atoms with Crippen molar-refractivity contribution in [2.75, 3.05) is 23.8 Å². The molecular formula is C28H41Cl4FN8. The maximum atomic E-state index is 14.3. The Kier molecular flexibility index (Phi) is 12.6. The summed E-state index contributed by atoms with van der Waals surface area (Å²) in [7, 11) is 0. The maximum Gasteiger partial charge on any atom is 0.227 e. The summed E-state index contributed by atoms with van der Waals surface area (Å²) in [5, 5.41) is 6.33. The molecule has 0 spiro atoms. The summed E-state index contributed by atoms with van der Waals surface area (Å²) in [5.74, 6) is 1.59. The van der Waals surface area contributed by atoms with Crippen LogP contribution >= 0.6 is 48.8 Å². The number of halogens is 5. The Hall–Kier alpha value is -1.62. The van der Waals surface area contributed by atoms with Crippen LogP contribution in [-0.4, -0.2) is 49.7 Å². The Balaban J connectivity index is 0.00000154. The SMILES string of the molecule is Cl.Cl.Cl.N[C@H]1CC[C@H](Nc2nc(NN3CCC(Cc4c(F)cccc4Cl)CC3)c3ncn(C4CCCC4)c3n2)CC1. The predicted molar refractivity (Wildman–Crippen MR) is 171 cm³/mol. The van der Waals surface area contributed by atoms with Crippen LogP contribution in [0.1, 0.15) is 75.8 Å². The van der Waals surface area contributed by atoms with Crippen LogP contribution < -0.4 is 16.5 Å². The standard InChI is InChI=1S/C28H38ClFN8.3ClH/c29-23-6-3-7-24(30)22(23)16-18-12-14-37(15-13-18)36-26-25-27(38(17-32-25)21-4-1-2-5-21)35-28(34-26)33-20-10-8-19(31)9-11-20;;;/h3,6-7,17-21H,1-2,4-5,8-16,31H2,(H2,33,34,35,36);3*1H/t19-,20-;;;. The molecule has 1 aromatic carbocycles. The first kappa shape index (κ1) is 33.9. The molecule has 1 aliphatic heterocycles. The minimum Gasteiger partial charge on any atom is -0.351 e. The van der Waals surface area contributed by atoms with Gasteiger partial charge in [0.1, 0.15) is 5.82 Å². The van der Waals surface area contributed by atoms with Gasteiger partial charge in [0.25, 0.3) is 0 Å². The zero-order valence-electron chi connectivity index (χ0n) is 23.1. The molecule has 3 aliphatic rings. The summed E-state index contributed by atoms with van der Waals surface area (Å²) in [6.45, 7) is 1.68. The van der Waals surface area contributed by atoms with E-state index in [1.165, 1.54) is 31.7 Å². The van der Waals surface area contributed by atoms with Crippen molar-refractivity contribution < 1.29 is 4.39 Å². The summed E-state index contributed by atoms with van der Waals surface area (Å²) >= 11 is 6.28. The minimum atomic E-state index is -0.209. The van der Waals surface area contributed by atoms with Crippen molar-refractivity contribution in [2.24, 2.45) is 11.7 Å². The van der Waals surface area contributed by atoms with Crippen molar-refractivity contribution in [1.29, 1.82) is 0 Å². The van der Waals surface area contributed by atoms with E-state index in [-0.39, 0.29) is 43.0 Å². The van der Waals surface area contributed by atoms with E-state index in [2.05, 4.69) is 20.3 Å². The fourth-order valence-corrected chi connectivity index (χ4v) is 6.61. The number of hydrazine groups is 1. The van der Waals surface area contributed by atoms with E-state index in [0.717, 1.165) is 68.6 Å². The van der Waals surface area contributed by atoms with Gasteiger partial charge in [-0.3, -0.25) is 0 Å². The van der Waals surface area contributed by atoms with E-state index in [1.807, 2.05) is 6.33 Å². The molecule has 6 rings (SSSR count). The largest absolute Gasteiger partial charge is 0.351 e. The monoisotopic (exact) mass is 648 g/mol. The summed E-state index contributed by atoms with van der Waals surface area (Å²) in [5.41, 5.74) is 12.0. The fraction of sp³-hybridized carbons (Fsp3) is 0.607. The molecule has 3 fully saturated rings. The van der Waals surface area contributed by atoms with E-state index >= 15 is 0 Å². The van der Waals surface area contributed by atoms with Crippen molar-refractivity contribution in [1.82, 2.24) is 24.5 Å². The van der Waals surface area contributed by atoms with E-state index < -0.39 is 0 Å². The Morgan fingerprint density at radius 2 is 1.66 bits per heavy atom. The average molecular weight is 651 g/mol. The van der Waals surface area contributed by atoms with Crippen LogP contribution in [-0.2, 0) is 6.42 Å². The lowest BCUT2D eigenvalue weighted by atomic mass is 9.90. The summed E-state index contributed by atoms with van der Waals surface area (Å²) in [6.07, 6.45) is 13.5. The zero-order chi connectivity index (χ0) is 26.1. The molecule has 41 heavy (non-hydrogen) atoms. The lowest BCUT2D eigenvalue weighted by Gasteiger charge is -2.32. The summed E-state index contributed by atoms with van der Waals surface area (Å²) < 4.78 is 16.6. The second kappa shape index (κ2) is 15.2. The van der Waals surface area contributed by atoms with Crippen molar-refractivity contribution in [3.05, 3.63) is 40.9 Å². The molecule has 228 valence electrons. The van der Waals surface area contributed by atoms with Crippen LogP contribution in [0.25, 0.3) is 11.2 Å². The van der Waals surface area contributed by atoms with Crippen molar-refractivity contribution in [2.45, 2.75) is 88.8 Å².